The topological polar surface area (TPSA) is 58.3 Å². The maximum Gasteiger partial charge on any atom is 0.147 e. The molecule has 2 rings (SSSR count). The minimum atomic E-state index is 0.452. The molecule has 1 fully saturated rings. The number of piperazine rings is 1. The van der Waals surface area contributed by atoms with Crippen LogP contribution in [-0.4, -0.2) is 47.1 Å². The highest BCUT2D eigenvalue weighted by Gasteiger charge is 2.21. The van der Waals surface area contributed by atoms with Gasteiger partial charge in [-0.15, -0.1) is 0 Å². The number of aromatic nitrogens is 2. The second-order valence-electron chi connectivity index (χ2n) is 4.85. The van der Waals surface area contributed by atoms with Gasteiger partial charge < -0.3 is 10.6 Å². The number of anilines is 1. The largest absolute Gasteiger partial charge is 0.353 e. The van der Waals surface area contributed by atoms with Crippen molar-refractivity contribution >= 4 is 5.82 Å². The van der Waals surface area contributed by atoms with E-state index in [0.29, 0.717) is 12.6 Å². The van der Waals surface area contributed by atoms with Gasteiger partial charge in [0.05, 0.1) is 11.9 Å². The van der Waals surface area contributed by atoms with Crippen molar-refractivity contribution in [2.75, 3.05) is 31.1 Å². The van der Waals surface area contributed by atoms with E-state index in [1.807, 2.05) is 6.20 Å². The lowest BCUT2D eigenvalue weighted by Gasteiger charge is -2.38. The van der Waals surface area contributed by atoms with Crippen LogP contribution in [0.25, 0.3) is 0 Å². The Morgan fingerprint density at radius 1 is 1.28 bits per heavy atom. The average Bonchev–Trinajstić information content (AvgIpc) is 2.46. The lowest BCUT2D eigenvalue weighted by molar-refractivity contribution is 0.192. The summed E-state index contributed by atoms with van der Waals surface area (Å²) in [5.74, 6) is 0.960. The van der Waals surface area contributed by atoms with Crippen LogP contribution in [0.3, 0.4) is 0 Å². The fraction of sp³-hybridized carbons (Fsp3) is 0.692. The Labute approximate surface area is 109 Å². The van der Waals surface area contributed by atoms with E-state index in [0.717, 1.165) is 37.7 Å². The predicted octanol–water partition coefficient (Wildman–Crippen LogP) is 0.856. The smallest absolute Gasteiger partial charge is 0.147 e. The second-order valence-corrected chi connectivity index (χ2v) is 4.85. The fourth-order valence-corrected chi connectivity index (χ4v) is 2.30. The molecular weight excluding hydrogens is 226 g/mol. The third-order valence-corrected chi connectivity index (χ3v) is 3.73. The summed E-state index contributed by atoms with van der Waals surface area (Å²) >= 11 is 0. The second kappa shape index (κ2) is 6.11. The zero-order valence-electron chi connectivity index (χ0n) is 11.3. The van der Waals surface area contributed by atoms with Crippen LogP contribution in [-0.2, 0) is 6.54 Å². The van der Waals surface area contributed by atoms with Gasteiger partial charge >= 0.3 is 0 Å². The molecular formula is C13H23N5. The van der Waals surface area contributed by atoms with E-state index in [9.17, 15) is 0 Å². The van der Waals surface area contributed by atoms with Crippen molar-refractivity contribution in [1.29, 1.82) is 0 Å². The molecule has 1 aliphatic rings. The Kier molecular flexibility index (Phi) is 4.49. The van der Waals surface area contributed by atoms with Crippen molar-refractivity contribution in [2.24, 2.45) is 5.73 Å². The minimum absolute atomic E-state index is 0.452. The van der Waals surface area contributed by atoms with E-state index in [4.69, 9.17) is 5.73 Å². The SMILES string of the molecule is CCC(C)N1CCN(c2cncc(CN)n2)CC1. The molecule has 18 heavy (non-hydrogen) atoms. The molecule has 0 spiro atoms. The molecule has 1 unspecified atom stereocenters. The first-order chi connectivity index (χ1) is 8.74. The highest BCUT2D eigenvalue weighted by atomic mass is 15.3. The van der Waals surface area contributed by atoms with E-state index in [1.165, 1.54) is 6.42 Å². The summed E-state index contributed by atoms with van der Waals surface area (Å²) < 4.78 is 0. The molecule has 2 heterocycles. The maximum atomic E-state index is 5.60. The Hall–Kier alpha value is -1.20. The highest BCUT2D eigenvalue weighted by molar-refractivity contribution is 5.37. The number of nitrogens with zero attached hydrogens (tertiary/aromatic N) is 4. The zero-order chi connectivity index (χ0) is 13.0. The summed E-state index contributed by atoms with van der Waals surface area (Å²) in [4.78, 5) is 13.6. The molecule has 2 N–H and O–H groups in total. The number of rotatable bonds is 4. The van der Waals surface area contributed by atoms with Crippen molar-refractivity contribution in [3.8, 4) is 0 Å². The third kappa shape index (κ3) is 2.97. The molecule has 0 aromatic carbocycles. The molecule has 0 saturated carbocycles. The van der Waals surface area contributed by atoms with Gasteiger partial charge in [0.1, 0.15) is 5.82 Å². The lowest BCUT2D eigenvalue weighted by atomic mass is 10.2. The van der Waals surface area contributed by atoms with Crippen molar-refractivity contribution < 1.29 is 0 Å². The molecule has 0 bridgehead atoms. The van der Waals surface area contributed by atoms with Gasteiger partial charge in [-0.1, -0.05) is 6.92 Å². The maximum absolute atomic E-state index is 5.60. The van der Waals surface area contributed by atoms with E-state index >= 15 is 0 Å². The Morgan fingerprint density at radius 3 is 2.61 bits per heavy atom. The fourth-order valence-electron chi connectivity index (χ4n) is 2.30. The van der Waals surface area contributed by atoms with Gasteiger partial charge in [0.25, 0.3) is 0 Å². The van der Waals surface area contributed by atoms with Gasteiger partial charge in [0.15, 0.2) is 0 Å². The first-order valence-electron chi connectivity index (χ1n) is 6.74. The Bertz CT molecular complexity index is 373. The molecule has 5 nitrogen and oxygen atoms in total. The van der Waals surface area contributed by atoms with Crippen molar-refractivity contribution in [3.05, 3.63) is 18.1 Å². The van der Waals surface area contributed by atoms with Gasteiger partial charge in [-0.05, 0) is 13.3 Å². The van der Waals surface area contributed by atoms with Crippen LogP contribution in [0.2, 0.25) is 0 Å². The van der Waals surface area contributed by atoms with Crippen LogP contribution >= 0.6 is 0 Å². The third-order valence-electron chi connectivity index (χ3n) is 3.73. The predicted molar refractivity (Wildman–Crippen MR) is 73.5 cm³/mol. The van der Waals surface area contributed by atoms with Gasteiger partial charge in [-0.25, -0.2) is 4.98 Å². The van der Waals surface area contributed by atoms with Gasteiger partial charge in [-0.3, -0.25) is 9.88 Å². The van der Waals surface area contributed by atoms with Gasteiger partial charge in [-0.2, -0.15) is 0 Å². The molecule has 1 aromatic heterocycles. The number of hydrogen-bond acceptors (Lipinski definition) is 5. The Morgan fingerprint density at radius 2 is 2.00 bits per heavy atom. The van der Waals surface area contributed by atoms with Crippen LogP contribution in [0.15, 0.2) is 12.4 Å². The van der Waals surface area contributed by atoms with E-state index in [2.05, 4.69) is 33.6 Å². The molecule has 1 saturated heterocycles. The first-order valence-corrected chi connectivity index (χ1v) is 6.74. The highest BCUT2D eigenvalue weighted by Crippen LogP contribution is 2.15. The monoisotopic (exact) mass is 249 g/mol. The molecule has 5 heteroatoms. The van der Waals surface area contributed by atoms with Crippen molar-refractivity contribution in [1.82, 2.24) is 14.9 Å². The average molecular weight is 249 g/mol. The number of nitrogens with two attached hydrogens (primary N) is 1. The van der Waals surface area contributed by atoms with Crippen LogP contribution < -0.4 is 10.6 Å². The molecule has 0 aliphatic carbocycles. The lowest BCUT2D eigenvalue weighted by Crippen LogP contribution is -2.49. The minimum Gasteiger partial charge on any atom is -0.353 e. The van der Waals surface area contributed by atoms with E-state index in [-0.39, 0.29) is 0 Å². The molecule has 0 radical (unpaired) electrons. The van der Waals surface area contributed by atoms with E-state index in [1.54, 1.807) is 6.20 Å². The zero-order valence-corrected chi connectivity index (χ0v) is 11.3. The van der Waals surface area contributed by atoms with Crippen molar-refractivity contribution in [2.45, 2.75) is 32.9 Å². The molecule has 1 aromatic rings. The van der Waals surface area contributed by atoms with Crippen LogP contribution in [0.4, 0.5) is 5.82 Å². The first kappa shape index (κ1) is 13.2. The quantitative estimate of drug-likeness (QED) is 0.857. The summed E-state index contributed by atoms with van der Waals surface area (Å²) in [5, 5.41) is 0. The van der Waals surface area contributed by atoms with E-state index < -0.39 is 0 Å². The standard InChI is InChI=1S/C13H23N5/c1-3-11(2)17-4-6-18(7-5-17)13-10-15-9-12(8-14)16-13/h9-11H,3-8,14H2,1-2H3. The molecule has 100 valence electrons. The van der Waals surface area contributed by atoms with Crippen LogP contribution in [0.1, 0.15) is 26.0 Å². The molecule has 1 aliphatic heterocycles. The van der Waals surface area contributed by atoms with Crippen molar-refractivity contribution in [3.63, 3.8) is 0 Å². The Balaban J connectivity index is 1.96. The summed E-state index contributed by atoms with van der Waals surface area (Å²) in [7, 11) is 0. The van der Waals surface area contributed by atoms with Crippen LogP contribution in [0, 0.1) is 0 Å². The van der Waals surface area contributed by atoms with Gasteiger partial charge in [0.2, 0.25) is 0 Å². The summed E-state index contributed by atoms with van der Waals surface area (Å²) in [5.41, 5.74) is 6.46. The number of hydrogen-bond donors (Lipinski definition) is 1. The summed E-state index contributed by atoms with van der Waals surface area (Å²) in [6, 6.07) is 0.675. The normalized spacial score (nSPS) is 18.9. The van der Waals surface area contributed by atoms with Crippen LogP contribution in [0.5, 0.6) is 0 Å². The molecule has 1 atom stereocenters. The summed E-state index contributed by atoms with van der Waals surface area (Å²) in [6.07, 6.45) is 4.78. The van der Waals surface area contributed by atoms with Gasteiger partial charge in [0, 0.05) is 45.0 Å². The summed E-state index contributed by atoms with van der Waals surface area (Å²) in [6.45, 7) is 9.23. The molecule has 0 amide bonds.